The molecular weight excluding hydrogens is 440 g/mol. The number of hydrogen-bond donors (Lipinski definition) is 1. The number of nitrogens with one attached hydrogen (secondary N) is 1. The van der Waals surface area contributed by atoms with Crippen LogP contribution in [0.3, 0.4) is 0 Å². The number of thiophene rings is 1. The topological polar surface area (TPSA) is 47.6 Å². The normalized spacial score (nSPS) is 10.3. The number of benzene rings is 1. The van der Waals surface area contributed by atoms with Gasteiger partial charge in [0.15, 0.2) is 5.75 Å². The fourth-order valence-corrected chi connectivity index (χ4v) is 3.24. The van der Waals surface area contributed by atoms with Gasteiger partial charge in [-0.05, 0) is 23.9 Å². The van der Waals surface area contributed by atoms with Gasteiger partial charge in [0.1, 0.15) is 16.8 Å². The van der Waals surface area contributed by atoms with E-state index in [0.29, 0.717) is 46.0 Å². The molecule has 26 heavy (non-hydrogen) atoms. The van der Waals surface area contributed by atoms with Crippen molar-refractivity contribution in [2.24, 2.45) is 0 Å². The minimum absolute atomic E-state index is 0.0938. The largest absolute Gasteiger partial charge is 0.490 e. The van der Waals surface area contributed by atoms with Crippen molar-refractivity contribution in [1.29, 1.82) is 0 Å². The van der Waals surface area contributed by atoms with Crippen molar-refractivity contribution in [2.45, 2.75) is 6.42 Å². The van der Waals surface area contributed by atoms with Crippen LogP contribution in [0.15, 0.2) is 40.2 Å². The molecule has 0 aliphatic heterocycles. The second-order valence-electron chi connectivity index (χ2n) is 4.96. The van der Waals surface area contributed by atoms with E-state index in [-0.39, 0.29) is 17.0 Å². The number of ether oxygens (including phenoxy) is 2. The maximum atomic E-state index is 11.8. The third-order valence-corrected chi connectivity index (χ3v) is 4.80. The predicted octanol–water partition coefficient (Wildman–Crippen LogP) is 5.95. The minimum atomic E-state index is -0.0938. The van der Waals surface area contributed by atoms with Crippen LogP contribution in [0.25, 0.3) is 0 Å². The van der Waals surface area contributed by atoms with Crippen LogP contribution in [0.5, 0.6) is 11.5 Å². The van der Waals surface area contributed by atoms with Gasteiger partial charge in [-0.15, -0.1) is 11.3 Å². The Labute approximate surface area is 175 Å². The molecule has 1 heterocycles. The Hall–Kier alpha value is -1.11. The highest BCUT2D eigenvalue weighted by Gasteiger charge is 2.11. The lowest BCUT2D eigenvalue weighted by Crippen LogP contribution is -2.24. The predicted molar refractivity (Wildman–Crippen MR) is 109 cm³/mol. The fourth-order valence-electron chi connectivity index (χ4n) is 1.90. The van der Waals surface area contributed by atoms with Gasteiger partial charge in [0.05, 0.1) is 21.5 Å². The molecule has 2 rings (SSSR count). The summed E-state index contributed by atoms with van der Waals surface area (Å²) in [7, 11) is 0. The van der Waals surface area contributed by atoms with E-state index in [0.717, 1.165) is 0 Å². The van der Waals surface area contributed by atoms with E-state index in [4.69, 9.17) is 55.9 Å². The molecule has 0 radical (unpaired) electrons. The average molecular weight is 455 g/mol. The SMILES string of the molecule is O=C(NCCCOc1c(Cl)cc(OCC=C(Cl)Cl)cc1Cl)c1cccs1. The van der Waals surface area contributed by atoms with Crippen LogP contribution in [-0.4, -0.2) is 25.7 Å². The van der Waals surface area contributed by atoms with E-state index in [1.54, 1.807) is 18.2 Å². The molecule has 0 aliphatic rings. The van der Waals surface area contributed by atoms with Crippen LogP contribution in [0.2, 0.25) is 10.0 Å². The summed E-state index contributed by atoms with van der Waals surface area (Å²) in [5.41, 5.74) is 0. The zero-order chi connectivity index (χ0) is 18.9. The van der Waals surface area contributed by atoms with Crippen molar-refractivity contribution in [3.63, 3.8) is 0 Å². The van der Waals surface area contributed by atoms with Crippen molar-refractivity contribution in [3.8, 4) is 11.5 Å². The average Bonchev–Trinajstić information content (AvgIpc) is 3.10. The fraction of sp³-hybridized carbons (Fsp3) is 0.235. The van der Waals surface area contributed by atoms with Crippen molar-refractivity contribution in [1.82, 2.24) is 5.32 Å². The first-order valence-corrected chi connectivity index (χ1v) is 9.94. The second kappa shape index (κ2) is 10.9. The Morgan fingerprint density at radius 1 is 1.19 bits per heavy atom. The van der Waals surface area contributed by atoms with Gasteiger partial charge >= 0.3 is 0 Å². The minimum Gasteiger partial charge on any atom is -0.490 e. The molecule has 0 saturated heterocycles. The van der Waals surface area contributed by atoms with Crippen molar-refractivity contribution in [3.05, 3.63) is 55.1 Å². The Balaban J connectivity index is 1.78. The summed E-state index contributed by atoms with van der Waals surface area (Å²) >= 11 is 24.8. The van der Waals surface area contributed by atoms with Crippen molar-refractivity contribution in [2.75, 3.05) is 19.8 Å². The molecule has 1 amide bonds. The summed E-state index contributed by atoms with van der Waals surface area (Å²) < 4.78 is 11.2. The van der Waals surface area contributed by atoms with Crippen LogP contribution in [0, 0.1) is 0 Å². The number of carbonyl (C=O) groups is 1. The third kappa shape index (κ3) is 6.89. The summed E-state index contributed by atoms with van der Waals surface area (Å²) in [5.74, 6) is 0.751. The highest BCUT2D eigenvalue weighted by Crippen LogP contribution is 2.37. The van der Waals surface area contributed by atoms with Gasteiger partial charge < -0.3 is 14.8 Å². The molecule has 2 aromatic rings. The van der Waals surface area contributed by atoms with Gasteiger partial charge in [0.2, 0.25) is 0 Å². The summed E-state index contributed by atoms with van der Waals surface area (Å²) in [4.78, 5) is 12.5. The van der Waals surface area contributed by atoms with Gasteiger partial charge in [-0.25, -0.2) is 0 Å². The monoisotopic (exact) mass is 453 g/mol. The Morgan fingerprint density at radius 3 is 2.54 bits per heavy atom. The van der Waals surface area contributed by atoms with Crippen LogP contribution >= 0.6 is 57.7 Å². The standard InChI is InChI=1S/C17H15Cl4NO3S/c18-12-9-11(24-7-4-15(20)21)10-13(19)16(12)25-6-2-5-22-17(23)14-3-1-8-26-14/h1,3-4,8-10H,2,5-7H2,(H,22,23). The van der Waals surface area contributed by atoms with E-state index in [1.165, 1.54) is 17.4 Å². The first kappa shape index (κ1) is 21.2. The lowest BCUT2D eigenvalue weighted by atomic mass is 10.3. The van der Waals surface area contributed by atoms with E-state index in [1.807, 2.05) is 11.4 Å². The van der Waals surface area contributed by atoms with Crippen LogP contribution in [0.1, 0.15) is 16.1 Å². The molecule has 1 N–H and O–H groups in total. The highest BCUT2D eigenvalue weighted by molar-refractivity contribution is 7.12. The molecule has 1 aromatic heterocycles. The lowest BCUT2D eigenvalue weighted by molar-refractivity contribution is 0.0955. The van der Waals surface area contributed by atoms with E-state index in [2.05, 4.69) is 5.32 Å². The molecular formula is C17H15Cl4NO3S. The molecule has 0 spiro atoms. The molecule has 0 unspecified atom stereocenters. The number of hydrogen-bond acceptors (Lipinski definition) is 4. The lowest BCUT2D eigenvalue weighted by Gasteiger charge is -2.12. The molecule has 1 aromatic carbocycles. The second-order valence-corrected chi connectivity index (χ2v) is 7.73. The van der Waals surface area contributed by atoms with Crippen LogP contribution < -0.4 is 14.8 Å². The zero-order valence-corrected chi connectivity index (χ0v) is 17.3. The van der Waals surface area contributed by atoms with Crippen molar-refractivity contribution >= 4 is 63.6 Å². The molecule has 0 saturated carbocycles. The molecule has 0 atom stereocenters. The summed E-state index contributed by atoms with van der Waals surface area (Å²) in [6, 6.07) is 6.80. The summed E-state index contributed by atoms with van der Waals surface area (Å²) in [6.45, 7) is 1.03. The van der Waals surface area contributed by atoms with Gasteiger partial charge in [0, 0.05) is 18.7 Å². The summed E-state index contributed by atoms with van der Waals surface area (Å²) in [5, 5.41) is 5.34. The smallest absolute Gasteiger partial charge is 0.261 e. The van der Waals surface area contributed by atoms with Gasteiger partial charge in [-0.2, -0.15) is 0 Å². The van der Waals surface area contributed by atoms with Gasteiger partial charge in [-0.1, -0.05) is 52.5 Å². The first-order chi connectivity index (χ1) is 12.5. The maximum absolute atomic E-state index is 11.8. The van der Waals surface area contributed by atoms with Gasteiger partial charge in [-0.3, -0.25) is 4.79 Å². The van der Waals surface area contributed by atoms with E-state index >= 15 is 0 Å². The molecule has 4 nitrogen and oxygen atoms in total. The number of amides is 1. The van der Waals surface area contributed by atoms with E-state index < -0.39 is 0 Å². The maximum Gasteiger partial charge on any atom is 0.261 e. The Kier molecular flexibility index (Phi) is 8.88. The Morgan fingerprint density at radius 2 is 1.92 bits per heavy atom. The van der Waals surface area contributed by atoms with Crippen LogP contribution in [-0.2, 0) is 0 Å². The Bertz CT molecular complexity index is 738. The highest BCUT2D eigenvalue weighted by atomic mass is 35.5. The molecule has 0 bridgehead atoms. The number of halogens is 4. The quantitative estimate of drug-likeness (QED) is 0.476. The van der Waals surface area contributed by atoms with Crippen LogP contribution in [0.4, 0.5) is 0 Å². The van der Waals surface area contributed by atoms with E-state index in [9.17, 15) is 4.79 Å². The summed E-state index contributed by atoms with van der Waals surface area (Å²) in [6.07, 6.45) is 2.11. The molecule has 9 heteroatoms. The first-order valence-electron chi connectivity index (χ1n) is 7.55. The third-order valence-electron chi connectivity index (χ3n) is 3.06. The molecule has 0 fully saturated rings. The zero-order valence-electron chi connectivity index (χ0n) is 13.4. The number of rotatable bonds is 9. The van der Waals surface area contributed by atoms with Gasteiger partial charge in [0.25, 0.3) is 5.91 Å². The van der Waals surface area contributed by atoms with Crippen molar-refractivity contribution < 1.29 is 14.3 Å². The molecule has 140 valence electrons. The number of carbonyl (C=O) groups excluding carboxylic acids is 1. The molecule has 0 aliphatic carbocycles.